The quantitative estimate of drug-likeness (QED) is 0.420. The number of benzene rings is 3. The number of para-hydroxylation sites is 1. The molecule has 1 aliphatic heterocycles. The van der Waals surface area contributed by atoms with E-state index in [0.29, 0.717) is 17.0 Å². The average Bonchev–Trinajstić information content (AvgIpc) is 3.14. The number of halogens is 1. The number of nitrogens with zero attached hydrogens (tertiary/aromatic N) is 3. The molecular formula is C28H21FN4O3. The molecule has 3 aromatic carbocycles. The third-order valence-corrected chi connectivity index (χ3v) is 6.37. The van der Waals surface area contributed by atoms with Gasteiger partial charge in [0.25, 0.3) is 11.8 Å². The van der Waals surface area contributed by atoms with E-state index in [1.54, 1.807) is 36.5 Å². The number of ether oxygens (including phenoxy) is 1. The minimum atomic E-state index is -1.61. The third-order valence-electron chi connectivity index (χ3n) is 6.37. The Labute approximate surface area is 206 Å². The minimum absolute atomic E-state index is 0.00800. The van der Waals surface area contributed by atoms with Crippen molar-refractivity contribution in [1.82, 2.24) is 10.3 Å². The Kier molecular flexibility index (Phi) is 5.82. The molecule has 1 atom stereocenters. The van der Waals surface area contributed by atoms with E-state index in [2.05, 4.69) is 16.4 Å². The highest BCUT2D eigenvalue weighted by Crippen LogP contribution is 2.48. The van der Waals surface area contributed by atoms with Crippen LogP contribution in [0.4, 0.5) is 15.8 Å². The second-order valence-corrected chi connectivity index (χ2v) is 8.41. The summed E-state index contributed by atoms with van der Waals surface area (Å²) < 4.78 is 20.2. The summed E-state index contributed by atoms with van der Waals surface area (Å²) in [6.45, 7) is 0. The molecule has 8 heteroatoms. The van der Waals surface area contributed by atoms with Crippen LogP contribution in [0, 0.1) is 17.1 Å². The monoisotopic (exact) mass is 480 g/mol. The molecule has 4 aromatic rings. The fourth-order valence-electron chi connectivity index (χ4n) is 4.61. The van der Waals surface area contributed by atoms with Crippen molar-refractivity contribution in [2.45, 2.75) is 18.4 Å². The second kappa shape index (κ2) is 9.12. The van der Waals surface area contributed by atoms with Crippen molar-refractivity contribution in [2.75, 3.05) is 12.0 Å². The Morgan fingerprint density at radius 3 is 2.58 bits per heavy atom. The summed E-state index contributed by atoms with van der Waals surface area (Å²) in [5.41, 5.74) is -0.634. The van der Waals surface area contributed by atoms with E-state index in [-0.39, 0.29) is 24.2 Å². The summed E-state index contributed by atoms with van der Waals surface area (Å²) in [5.74, 6) is -1.29. The Morgan fingerprint density at radius 1 is 1.08 bits per heavy atom. The lowest BCUT2D eigenvalue weighted by Gasteiger charge is -2.29. The summed E-state index contributed by atoms with van der Waals surface area (Å²) in [6, 6.07) is 22.0. The highest BCUT2D eigenvalue weighted by Gasteiger charge is 2.53. The van der Waals surface area contributed by atoms with Crippen LogP contribution in [0.1, 0.15) is 28.9 Å². The first kappa shape index (κ1) is 23.0. The van der Waals surface area contributed by atoms with Gasteiger partial charge >= 0.3 is 0 Å². The zero-order chi connectivity index (χ0) is 25.3. The summed E-state index contributed by atoms with van der Waals surface area (Å²) in [4.78, 5) is 33.1. The molecule has 1 aliphatic rings. The molecule has 2 amide bonds. The first-order chi connectivity index (χ1) is 17.5. The molecule has 2 heterocycles. The van der Waals surface area contributed by atoms with Crippen LogP contribution in [0.5, 0.6) is 5.75 Å². The van der Waals surface area contributed by atoms with Gasteiger partial charge in [0, 0.05) is 29.6 Å². The van der Waals surface area contributed by atoms with Crippen LogP contribution >= 0.6 is 0 Å². The lowest BCUT2D eigenvalue weighted by atomic mass is 9.86. The fourth-order valence-corrected chi connectivity index (χ4v) is 4.61. The molecule has 0 aliphatic carbocycles. The summed E-state index contributed by atoms with van der Waals surface area (Å²) in [5, 5.41) is 13.9. The summed E-state index contributed by atoms with van der Waals surface area (Å²) in [7, 11) is 1.49. The molecule has 36 heavy (non-hydrogen) atoms. The molecule has 0 fully saturated rings. The fraction of sp³-hybridized carbons (Fsp3) is 0.143. The third kappa shape index (κ3) is 3.71. The number of amides is 2. The number of nitriles is 1. The topological polar surface area (TPSA) is 95.3 Å². The van der Waals surface area contributed by atoms with Crippen molar-refractivity contribution in [1.29, 1.82) is 5.26 Å². The molecule has 0 spiro atoms. The van der Waals surface area contributed by atoms with Gasteiger partial charge in [0.05, 0.1) is 24.6 Å². The lowest BCUT2D eigenvalue weighted by molar-refractivity contribution is -0.123. The number of carbonyl (C=O) groups is 2. The van der Waals surface area contributed by atoms with Gasteiger partial charge in [-0.05, 0) is 36.1 Å². The van der Waals surface area contributed by atoms with Crippen LogP contribution in [-0.4, -0.2) is 23.9 Å². The maximum Gasteiger partial charge on any atom is 0.271 e. The van der Waals surface area contributed by atoms with Crippen molar-refractivity contribution in [3.8, 4) is 11.8 Å². The van der Waals surface area contributed by atoms with Crippen LogP contribution < -0.4 is 15.0 Å². The van der Waals surface area contributed by atoms with Crippen molar-refractivity contribution in [3.05, 3.63) is 96.1 Å². The minimum Gasteiger partial charge on any atom is -0.497 e. The van der Waals surface area contributed by atoms with E-state index in [1.807, 2.05) is 24.3 Å². The van der Waals surface area contributed by atoms with Crippen molar-refractivity contribution in [2.24, 2.45) is 0 Å². The van der Waals surface area contributed by atoms with Gasteiger partial charge < -0.3 is 10.1 Å². The highest BCUT2D eigenvalue weighted by atomic mass is 19.1. The largest absolute Gasteiger partial charge is 0.497 e. The van der Waals surface area contributed by atoms with E-state index in [9.17, 15) is 19.2 Å². The number of rotatable bonds is 6. The van der Waals surface area contributed by atoms with Crippen LogP contribution in [0.2, 0.25) is 0 Å². The number of anilines is 2. The summed E-state index contributed by atoms with van der Waals surface area (Å²) in [6.07, 6.45) is 1.56. The number of nitrogens with one attached hydrogen (secondary N) is 1. The normalized spacial score (nSPS) is 16.5. The van der Waals surface area contributed by atoms with Crippen LogP contribution in [0.15, 0.2) is 79.0 Å². The van der Waals surface area contributed by atoms with Crippen LogP contribution in [0.25, 0.3) is 10.8 Å². The molecule has 7 nitrogen and oxygen atoms in total. The zero-order valence-electron chi connectivity index (χ0n) is 19.4. The van der Waals surface area contributed by atoms with Crippen molar-refractivity contribution >= 4 is 34.0 Å². The highest BCUT2D eigenvalue weighted by molar-refractivity contribution is 6.15. The number of aromatic nitrogens is 1. The van der Waals surface area contributed by atoms with E-state index >= 15 is 0 Å². The molecule has 1 unspecified atom stereocenters. The predicted octanol–water partition coefficient (Wildman–Crippen LogP) is 4.99. The molecule has 0 saturated carbocycles. The molecule has 1 N–H and O–H groups in total. The Balaban J connectivity index is 1.65. The lowest BCUT2D eigenvalue weighted by Crippen LogP contribution is -2.52. The molecule has 0 radical (unpaired) electrons. The summed E-state index contributed by atoms with van der Waals surface area (Å²) >= 11 is 0. The molecule has 5 rings (SSSR count). The number of pyridine rings is 1. The van der Waals surface area contributed by atoms with Crippen LogP contribution in [0.3, 0.4) is 0 Å². The predicted molar refractivity (Wildman–Crippen MR) is 132 cm³/mol. The molecule has 178 valence electrons. The first-order valence-electron chi connectivity index (χ1n) is 11.3. The smallest absolute Gasteiger partial charge is 0.271 e. The van der Waals surface area contributed by atoms with Gasteiger partial charge in [0.2, 0.25) is 0 Å². The Morgan fingerprint density at radius 2 is 1.83 bits per heavy atom. The number of carbonyl (C=O) groups excluding carboxylic acids is 2. The number of hydrogen-bond donors (Lipinski definition) is 1. The van der Waals surface area contributed by atoms with E-state index in [0.717, 1.165) is 10.8 Å². The van der Waals surface area contributed by atoms with E-state index in [1.165, 1.54) is 30.2 Å². The number of methoxy groups -OCH3 is 1. The standard InChI is InChI=1S/C28H21FN4O3/c1-36-20-11-12-21-25(16-20)33(24-10-5-4-9-22(24)29)27(35)28(21,13-6-14-30)32-26(34)23-15-18-7-2-3-8-19(18)17-31-23/h2-5,7-12,15-17H,6,13H2,1H3,(H,32,34). The van der Waals surface area contributed by atoms with Gasteiger partial charge in [-0.2, -0.15) is 5.26 Å². The maximum absolute atomic E-state index is 14.9. The number of hydrogen-bond acceptors (Lipinski definition) is 5. The average molecular weight is 480 g/mol. The second-order valence-electron chi connectivity index (χ2n) is 8.41. The van der Waals surface area contributed by atoms with E-state index < -0.39 is 23.2 Å². The van der Waals surface area contributed by atoms with Crippen molar-refractivity contribution < 1.29 is 18.7 Å². The van der Waals surface area contributed by atoms with Gasteiger partial charge in [-0.1, -0.05) is 42.5 Å². The van der Waals surface area contributed by atoms with Crippen LogP contribution in [-0.2, 0) is 10.3 Å². The molecular weight excluding hydrogens is 459 g/mol. The van der Waals surface area contributed by atoms with Gasteiger partial charge in [-0.25, -0.2) is 4.39 Å². The first-order valence-corrected chi connectivity index (χ1v) is 11.3. The Hall–Kier alpha value is -4.77. The van der Waals surface area contributed by atoms with Gasteiger partial charge in [-0.3, -0.25) is 19.5 Å². The molecule has 0 bridgehead atoms. The van der Waals surface area contributed by atoms with Gasteiger partial charge in [-0.15, -0.1) is 0 Å². The van der Waals surface area contributed by atoms with Crippen molar-refractivity contribution in [3.63, 3.8) is 0 Å². The SMILES string of the molecule is COc1ccc2c(c1)N(c1ccccc1F)C(=O)C2(CCC#N)NC(=O)c1cc2ccccc2cn1. The molecule has 0 saturated heterocycles. The maximum atomic E-state index is 14.9. The van der Waals surface area contributed by atoms with Gasteiger partial charge in [0.1, 0.15) is 22.8 Å². The zero-order valence-corrected chi connectivity index (χ0v) is 19.4. The Bertz CT molecular complexity index is 1550. The molecule has 1 aromatic heterocycles. The van der Waals surface area contributed by atoms with E-state index in [4.69, 9.17) is 4.74 Å². The number of fused-ring (bicyclic) bond motifs is 2. The van der Waals surface area contributed by atoms with Gasteiger partial charge in [0.15, 0.2) is 0 Å².